The largest absolute Gasteiger partial charge is 0.466 e. The van der Waals surface area contributed by atoms with E-state index in [1.165, 1.54) is 23.2 Å². The SMILES string of the molecule is C[C@@H](Oc1ncc(-c2ccn3nccc3c2F)c2ncnc(N)c12)c1ncn(C)n1. The first-order valence-electron chi connectivity index (χ1n) is 9.06. The van der Waals surface area contributed by atoms with Gasteiger partial charge in [-0.2, -0.15) is 10.2 Å². The maximum absolute atomic E-state index is 15.1. The van der Waals surface area contributed by atoms with Crippen LogP contribution in [0.1, 0.15) is 18.9 Å². The summed E-state index contributed by atoms with van der Waals surface area (Å²) in [7, 11) is 1.77. The summed E-state index contributed by atoms with van der Waals surface area (Å²) in [4.78, 5) is 17.0. The van der Waals surface area contributed by atoms with Gasteiger partial charge in [0.2, 0.25) is 5.88 Å². The Hall–Kier alpha value is -4.15. The number of halogens is 1. The number of fused-ring (bicyclic) bond motifs is 2. The van der Waals surface area contributed by atoms with Crippen molar-refractivity contribution in [2.75, 3.05) is 5.73 Å². The van der Waals surface area contributed by atoms with Crippen LogP contribution in [0.2, 0.25) is 0 Å². The molecule has 2 N–H and O–H groups in total. The molecule has 11 heteroatoms. The highest BCUT2D eigenvalue weighted by molar-refractivity contribution is 6.01. The van der Waals surface area contributed by atoms with Crippen molar-refractivity contribution in [2.24, 2.45) is 7.05 Å². The molecule has 0 aliphatic heterocycles. The molecule has 0 saturated heterocycles. The highest BCUT2D eigenvalue weighted by Gasteiger charge is 2.21. The van der Waals surface area contributed by atoms with Crippen LogP contribution in [0.4, 0.5) is 10.2 Å². The van der Waals surface area contributed by atoms with E-state index in [0.29, 0.717) is 33.4 Å². The number of ether oxygens (including phenoxy) is 1. The van der Waals surface area contributed by atoms with Crippen molar-refractivity contribution < 1.29 is 9.13 Å². The number of anilines is 1. The summed E-state index contributed by atoms with van der Waals surface area (Å²) in [5.41, 5.74) is 7.69. The van der Waals surface area contributed by atoms with Crippen molar-refractivity contribution in [3.8, 4) is 17.0 Å². The first-order valence-corrected chi connectivity index (χ1v) is 9.06. The lowest BCUT2D eigenvalue weighted by Gasteiger charge is -2.15. The zero-order chi connectivity index (χ0) is 20.8. The van der Waals surface area contributed by atoms with Gasteiger partial charge in [0.1, 0.15) is 29.4 Å². The maximum atomic E-state index is 15.1. The maximum Gasteiger partial charge on any atom is 0.227 e. The average molecular weight is 405 g/mol. The molecule has 1 atom stereocenters. The fraction of sp³-hybridized carbons (Fsp3) is 0.158. The van der Waals surface area contributed by atoms with Gasteiger partial charge in [-0.25, -0.2) is 28.8 Å². The van der Waals surface area contributed by atoms with Crippen LogP contribution in [0.3, 0.4) is 0 Å². The molecule has 150 valence electrons. The van der Waals surface area contributed by atoms with Crippen LogP contribution in [0.5, 0.6) is 5.88 Å². The van der Waals surface area contributed by atoms with Gasteiger partial charge in [-0.05, 0) is 19.1 Å². The van der Waals surface area contributed by atoms with Gasteiger partial charge in [0.15, 0.2) is 17.7 Å². The zero-order valence-corrected chi connectivity index (χ0v) is 16.1. The molecule has 0 bridgehead atoms. The van der Waals surface area contributed by atoms with Crippen LogP contribution in [0.15, 0.2) is 43.4 Å². The number of aromatic nitrogens is 8. The van der Waals surface area contributed by atoms with Gasteiger partial charge in [-0.3, -0.25) is 4.68 Å². The van der Waals surface area contributed by atoms with Gasteiger partial charge >= 0.3 is 0 Å². The van der Waals surface area contributed by atoms with Crippen LogP contribution in [-0.4, -0.2) is 39.3 Å². The van der Waals surface area contributed by atoms with Crippen molar-refractivity contribution in [2.45, 2.75) is 13.0 Å². The number of nitrogens with two attached hydrogens (primary N) is 1. The van der Waals surface area contributed by atoms with Crippen molar-refractivity contribution in [3.63, 3.8) is 0 Å². The Morgan fingerprint density at radius 1 is 1.13 bits per heavy atom. The zero-order valence-electron chi connectivity index (χ0n) is 16.1. The van der Waals surface area contributed by atoms with Crippen LogP contribution in [0, 0.1) is 5.82 Å². The summed E-state index contributed by atoms with van der Waals surface area (Å²) in [6, 6.07) is 3.21. The molecular formula is C19H16FN9O. The van der Waals surface area contributed by atoms with E-state index in [0.717, 1.165) is 0 Å². The second-order valence-corrected chi connectivity index (χ2v) is 6.70. The first-order chi connectivity index (χ1) is 14.5. The van der Waals surface area contributed by atoms with Crippen molar-refractivity contribution in [1.29, 1.82) is 0 Å². The predicted molar refractivity (Wildman–Crippen MR) is 106 cm³/mol. The number of hydrogen-bond donors (Lipinski definition) is 1. The second-order valence-electron chi connectivity index (χ2n) is 6.70. The molecular weight excluding hydrogens is 389 g/mol. The molecule has 0 unspecified atom stereocenters. The molecule has 5 heterocycles. The van der Waals surface area contributed by atoms with E-state index in [9.17, 15) is 0 Å². The Morgan fingerprint density at radius 2 is 2.00 bits per heavy atom. The van der Waals surface area contributed by atoms with Gasteiger partial charge in [0.25, 0.3) is 0 Å². The minimum absolute atomic E-state index is 0.177. The monoisotopic (exact) mass is 405 g/mol. The number of pyridine rings is 2. The first kappa shape index (κ1) is 17.9. The van der Waals surface area contributed by atoms with Crippen LogP contribution in [-0.2, 0) is 7.05 Å². The Morgan fingerprint density at radius 3 is 2.80 bits per heavy atom. The summed E-state index contributed by atoms with van der Waals surface area (Å²) in [5.74, 6) is 0.452. The highest BCUT2D eigenvalue weighted by atomic mass is 19.1. The molecule has 5 aromatic rings. The molecule has 0 radical (unpaired) electrons. The Labute approximate surface area is 169 Å². The van der Waals surface area contributed by atoms with Crippen LogP contribution in [0.25, 0.3) is 27.5 Å². The number of hydrogen-bond acceptors (Lipinski definition) is 8. The van der Waals surface area contributed by atoms with Gasteiger partial charge in [0.05, 0.1) is 11.7 Å². The Kier molecular flexibility index (Phi) is 4.02. The normalized spacial score (nSPS) is 12.5. The summed E-state index contributed by atoms with van der Waals surface area (Å²) >= 11 is 0. The third kappa shape index (κ3) is 2.79. The molecule has 10 nitrogen and oxygen atoms in total. The fourth-order valence-corrected chi connectivity index (χ4v) is 3.28. The third-order valence-corrected chi connectivity index (χ3v) is 4.73. The molecule has 0 amide bonds. The Balaban J connectivity index is 1.66. The van der Waals surface area contributed by atoms with Crippen LogP contribution >= 0.6 is 0 Å². The highest BCUT2D eigenvalue weighted by Crippen LogP contribution is 2.36. The predicted octanol–water partition coefficient (Wildman–Crippen LogP) is 2.33. The van der Waals surface area contributed by atoms with E-state index in [1.54, 1.807) is 43.3 Å². The molecule has 5 aromatic heterocycles. The molecule has 30 heavy (non-hydrogen) atoms. The molecule has 0 aromatic carbocycles. The number of nitrogens with zero attached hydrogens (tertiary/aromatic N) is 8. The lowest BCUT2D eigenvalue weighted by molar-refractivity contribution is 0.210. The molecule has 5 rings (SSSR count). The summed E-state index contributed by atoms with van der Waals surface area (Å²) in [6.07, 6.45) is 7.12. The topological polar surface area (TPSA) is 122 Å². The minimum atomic E-state index is -0.493. The quantitative estimate of drug-likeness (QED) is 0.483. The lowest BCUT2D eigenvalue weighted by atomic mass is 10.0. The van der Waals surface area contributed by atoms with Gasteiger partial charge < -0.3 is 10.5 Å². The van der Waals surface area contributed by atoms with Crippen molar-refractivity contribution in [1.82, 2.24) is 39.3 Å². The van der Waals surface area contributed by atoms with E-state index < -0.39 is 11.9 Å². The van der Waals surface area contributed by atoms with E-state index in [2.05, 4.69) is 30.1 Å². The van der Waals surface area contributed by atoms with Gasteiger partial charge in [-0.1, -0.05) is 0 Å². The van der Waals surface area contributed by atoms with E-state index in [-0.39, 0.29) is 11.7 Å². The van der Waals surface area contributed by atoms with E-state index in [4.69, 9.17) is 10.5 Å². The average Bonchev–Trinajstić information content (AvgIpc) is 3.38. The van der Waals surface area contributed by atoms with Gasteiger partial charge in [-0.15, -0.1) is 0 Å². The molecule has 0 aliphatic rings. The second kappa shape index (κ2) is 6.72. The third-order valence-electron chi connectivity index (χ3n) is 4.73. The van der Waals surface area contributed by atoms with E-state index in [1.807, 2.05) is 0 Å². The number of aryl methyl sites for hydroxylation is 1. The molecule has 0 spiro atoms. The Bertz CT molecular complexity index is 1390. The summed E-state index contributed by atoms with van der Waals surface area (Å²) in [6.45, 7) is 1.80. The van der Waals surface area contributed by atoms with Crippen molar-refractivity contribution in [3.05, 3.63) is 55.0 Å². The smallest absolute Gasteiger partial charge is 0.227 e. The molecule has 0 aliphatic carbocycles. The van der Waals surface area contributed by atoms with Crippen molar-refractivity contribution >= 4 is 22.2 Å². The van der Waals surface area contributed by atoms with Crippen LogP contribution < -0.4 is 10.5 Å². The number of rotatable bonds is 4. The van der Waals surface area contributed by atoms with E-state index >= 15 is 4.39 Å². The fourth-order valence-electron chi connectivity index (χ4n) is 3.28. The lowest BCUT2D eigenvalue weighted by Crippen LogP contribution is -2.09. The molecule has 0 saturated carbocycles. The molecule has 0 fully saturated rings. The minimum Gasteiger partial charge on any atom is -0.466 e. The summed E-state index contributed by atoms with van der Waals surface area (Å²) in [5, 5.41) is 8.69. The summed E-state index contributed by atoms with van der Waals surface area (Å²) < 4.78 is 24.1. The van der Waals surface area contributed by atoms with Gasteiger partial charge in [0, 0.05) is 30.6 Å². The number of nitrogen functional groups attached to an aromatic ring is 1. The standard InChI is InChI=1S/C19H16FN9O/c1-10(18-25-9-28(2)27-18)30-19-14-16(23-8-24-17(14)21)12(7-22-19)11-4-6-29-13(15(11)20)3-5-26-29/h3-10H,1-2H3,(H2,21,23,24)/t10-/m1/s1.